The van der Waals surface area contributed by atoms with E-state index in [9.17, 15) is 0 Å². The number of hydrogen-bond donors (Lipinski definition) is 5. The number of guanidine groups is 2. The van der Waals surface area contributed by atoms with Crippen molar-refractivity contribution in [2.24, 2.45) is 0 Å². The van der Waals surface area contributed by atoms with Gasteiger partial charge in [0.15, 0.2) is 11.9 Å². The molecule has 1 aromatic carbocycles. The van der Waals surface area contributed by atoms with Gasteiger partial charge in [0.25, 0.3) is 0 Å². The molecule has 8 heteroatoms. The summed E-state index contributed by atoms with van der Waals surface area (Å²) in [5.41, 5.74) is 1.64. The molecule has 0 saturated carbocycles. The molecule has 1 heterocycles. The van der Waals surface area contributed by atoms with Crippen LogP contribution < -0.4 is 16.0 Å². The molecule has 0 aliphatic rings. The van der Waals surface area contributed by atoms with Crippen LogP contribution in [0.5, 0.6) is 0 Å². The van der Waals surface area contributed by atoms with E-state index in [-0.39, 0.29) is 36.7 Å². The van der Waals surface area contributed by atoms with Crippen LogP contribution in [0.25, 0.3) is 10.9 Å². The predicted molar refractivity (Wildman–Crippen MR) is 120 cm³/mol. The van der Waals surface area contributed by atoms with Crippen LogP contribution in [0.2, 0.25) is 0 Å². The Bertz CT molecular complexity index is 707. The molecule has 0 spiro atoms. The molecule has 27 heavy (non-hydrogen) atoms. The lowest BCUT2D eigenvalue weighted by Crippen LogP contribution is -2.43. The average Bonchev–Trinajstić information content (AvgIpc) is 2.60. The molecule has 6 nitrogen and oxygen atoms in total. The van der Waals surface area contributed by atoms with Crippen molar-refractivity contribution in [2.45, 2.75) is 45.4 Å². The Morgan fingerprint density at radius 1 is 0.963 bits per heavy atom. The van der Waals surface area contributed by atoms with E-state index < -0.39 is 0 Å². The van der Waals surface area contributed by atoms with E-state index in [1.54, 1.807) is 6.20 Å². The molecule has 5 N–H and O–H groups in total. The minimum Gasteiger partial charge on any atom is -0.356 e. The maximum Gasteiger partial charge on any atom is 0.199 e. The van der Waals surface area contributed by atoms with E-state index >= 15 is 0 Å². The minimum atomic E-state index is 0. The van der Waals surface area contributed by atoms with E-state index in [1.165, 1.54) is 32.1 Å². The molecule has 0 aliphatic carbocycles. The summed E-state index contributed by atoms with van der Waals surface area (Å²) in [6.45, 7) is 2.97. The fraction of sp³-hybridized carbons (Fsp3) is 0.421. The van der Waals surface area contributed by atoms with Gasteiger partial charge >= 0.3 is 0 Å². The Kier molecular flexibility index (Phi) is 13.0. The number of aromatic nitrogens is 1. The van der Waals surface area contributed by atoms with Crippen molar-refractivity contribution in [1.82, 2.24) is 15.6 Å². The number of pyridine rings is 1. The zero-order chi connectivity index (χ0) is 17.9. The SMILES string of the molecule is CCCCCCCCNC(=N)NC(=N)Nc1cnc2ccccc2c1.Cl.Cl. The number of hydrogen-bond acceptors (Lipinski definition) is 3. The molecule has 2 rings (SSSR count). The number of anilines is 1. The standard InChI is InChI=1S/C19H28N6.2ClH/c1-2-3-4-5-6-9-12-22-18(20)25-19(21)24-16-13-15-10-7-8-11-17(15)23-14-16;;/h7-8,10-11,13-14H,2-6,9,12H2,1H3,(H5,20,21,22,24,25);2*1H. The predicted octanol–water partition coefficient (Wildman–Crippen LogP) is 4.90. The van der Waals surface area contributed by atoms with Gasteiger partial charge in [0.2, 0.25) is 0 Å². The van der Waals surface area contributed by atoms with Gasteiger partial charge in [-0.3, -0.25) is 21.1 Å². The lowest BCUT2D eigenvalue weighted by atomic mass is 10.1. The van der Waals surface area contributed by atoms with Crippen molar-refractivity contribution >= 4 is 53.3 Å². The van der Waals surface area contributed by atoms with Gasteiger partial charge in [-0.1, -0.05) is 57.2 Å². The maximum atomic E-state index is 7.93. The van der Waals surface area contributed by atoms with Crippen LogP contribution in [-0.4, -0.2) is 23.4 Å². The number of para-hydroxylation sites is 1. The first kappa shape index (κ1) is 24.9. The van der Waals surface area contributed by atoms with Crippen molar-refractivity contribution in [3.8, 4) is 0 Å². The summed E-state index contributed by atoms with van der Waals surface area (Å²) in [6.07, 6.45) is 9.02. The largest absolute Gasteiger partial charge is 0.356 e. The van der Waals surface area contributed by atoms with Gasteiger partial charge in [-0.15, -0.1) is 24.8 Å². The first-order valence-corrected chi connectivity index (χ1v) is 8.99. The normalized spacial score (nSPS) is 9.67. The van der Waals surface area contributed by atoms with Gasteiger partial charge < -0.3 is 10.6 Å². The molecular weight excluding hydrogens is 383 g/mol. The van der Waals surface area contributed by atoms with Crippen LogP contribution in [0.3, 0.4) is 0 Å². The van der Waals surface area contributed by atoms with E-state index in [1.807, 2.05) is 30.3 Å². The molecule has 0 bridgehead atoms. The Labute approximate surface area is 173 Å². The highest BCUT2D eigenvalue weighted by atomic mass is 35.5. The van der Waals surface area contributed by atoms with Gasteiger partial charge in [-0.2, -0.15) is 0 Å². The Hall–Kier alpha value is -2.05. The molecule has 0 fully saturated rings. The van der Waals surface area contributed by atoms with E-state index in [2.05, 4.69) is 27.9 Å². The van der Waals surface area contributed by atoms with Crippen molar-refractivity contribution in [1.29, 1.82) is 10.8 Å². The molecule has 0 amide bonds. The fourth-order valence-corrected chi connectivity index (χ4v) is 2.60. The van der Waals surface area contributed by atoms with Gasteiger partial charge in [0.05, 0.1) is 17.4 Å². The van der Waals surface area contributed by atoms with Gasteiger partial charge in [-0.05, 0) is 18.6 Å². The van der Waals surface area contributed by atoms with Crippen molar-refractivity contribution in [3.05, 3.63) is 36.5 Å². The lowest BCUT2D eigenvalue weighted by molar-refractivity contribution is 0.601. The molecule has 0 unspecified atom stereocenters. The van der Waals surface area contributed by atoms with Crippen LogP contribution in [0.1, 0.15) is 45.4 Å². The van der Waals surface area contributed by atoms with Crippen LogP contribution in [-0.2, 0) is 0 Å². The summed E-state index contributed by atoms with van der Waals surface area (Å²) >= 11 is 0. The van der Waals surface area contributed by atoms with Crippen LogP contribution in [0.15, 0.2) is 36.5 Å². The average molecular weight is 413 g/mol. The fourth-order valence-electron chi connectivity index (χ4n) is 2.60. The number of fused-ring (bicyclic) bond motifs is 1. The Morgan fingerprint density at radius 2 is 1.67 bits per heavy atom. The van der Waals surface area contributed by atoms with E-state index in [0.717, 1.165) is 29.6 Å². The first-order valence-electron chi connectivity index (χ1n) is 8.99. The van der Waals surface area contributed by atoms with Crippen molar-refractivity contribution < 1.29 is 0 Å². The Balaban J connectivity index is 0.00000338. The number of halogens is 2. The molecule has 0 saturated heterocycles. The molecule has 2 aromatic rings. The quantitative estimate of drug-likeness (QED) is 0.242. The second-order valence-corrected chi connectivity index (χ2v) is 6.11. The second-order valence-electron chi connectivity index (χ2n) is 6.11. The van der Waals surface area contributed by atoms with Crippen LogP contribution in [0, 0.1) is 10.8 Å². The third-order valence-corrected chi connectivity index (χ3v) is 3.94. The number of benzene rings is 1. The van der Waals surface area contributed by atoms with Crippen LogP contribution >= 0.6 is 24.8 Å². The summed E-state index contributed by atoms with van der Waals surface area (Å²) < 4.78 is 0. The molecule has 0 atom stereocenters. The highest BCUT2D eigenvalue weighted by Crippen LogP contribution is 2.15. The highest BCUT2D eigenvalue weighted by Gasteiger charge is 2.03. The van der Waals surface area contributed by atoms with Crippen molar-refractivity contribution in [3.63, 3.8) is 0 Å². The smallest absolute Gasteiger partial charge is 0.199 e. The highest BCUT2D eigenvalue weighted by molar-refractivity contribution is 6.03. The third kappa shape index (κ3) is 9.45. The third-order valence-electron chi connectivity index (χ3n) is 3.94. The van der Waals surface area contributed by atoms with Gasteiger partial charge in [-0.25, -0.2) is 0 Å². The molecule has 0 aliphatic heterocycles. The molecule has 150 valence electrons. The molecule has 0 radical (unpaired) electrons. The summed E-state index contributed by atoms with van der Waals surface area (Å²) in [7, 11) is 0. The van der Waals surface area contributed by atoms with Crippen LogP contribution in [0.4, 0.5) is 5.69 Å². The van der Waals surface area contributed by atoms with E-state index in [4.69, 9.17) is 10.8 Å². The van der Waals surface area contributed by atoms with E-state index in [0.29, 0.717) is 0 Å². The second kappa shape index (κ2) is 14.1. The summed E-state index contributed by atoms with van der Waals surface area (Å²) in [5, 5.41) is 25.4. The molecule has 1 aromatic heterocycles. The Morgan fingerprint density at radius 3 is 2.44 bits per heavy atom. The zero-order valence-electron chi connectivity index (χ0n) is 15.7. The number of nitrogens with zero attached hydrogens (tertiary/aromatic N) is 1. The summed E-state index contributed by atoms with van der Waals surface area (Å²) in [5.74, 6) is 0.192. The maximum absolute atomic E-state index is 7.93. The van der Waals surface area contributed by atoms with Gasteiger partial charge in [0, 0.05) is 11.9 Å². The number of nitrogens with one attached hydrogen (secondary N) is 5. The molecular formula is C19H30Cl2N6. The summed E-state index contributed by atoms with van der Waals surface area (Å²) in [6, 6.07) is 9.77. The first-order chi connectivity index (χ1) is 12.2. The summed E-state index contributed by atoms with van der Waals surface area (Å²) in [4.78, 5) is 4.35. The van der Waals surface area contributed by atoms with Gasteiger partial charge in [0.1, 0.15) is 0 Å². The zero-order valence-corrected chi connectivity index (χ0v) is 17.3. The number of unbranched alkanes of at least 4 members (excludes halogenated alkanes) is 5. The topological polar surface area (TPSA) is 96.7 Å². The monoisotopic (exact) mass is 412 g/mol. The minimum absolute atomic E-state index is 0. The number of rotatable bonds is 8. The van der Waals surface area contributed by atoms with Crippen molar-refractivity contribution in [2.75, 3.05) is 11.9 Å². The lowest BCUT2D eigenvalue weighted by Gasteiger charge is -2.13.